The first kappa shape index (κ1) is 32.7. The molecule has 9 aromatic rings. The van der Waals surface area contributed by atoms with Gasteiger partial charge in [0.1, 0.15) is 0 Å². The second-order valence-electron chi connectivity index (χ2n) is 13.3. The Labute approximate surface area is 316 Å². The molecular weight excluding hydrogens is 655 g/mol. The highest BCUT2D eigenvalue weighted by Gasteiger charge is 2.17. The summed E-state index contributed by atoms with van der Waals surface area (Å²) in [6, 6.07) is 74.1. The zero-order valence-electron chi connectivity index (χ0n) is 29.5. The van der Waals surface area contributed by atoms with Crippen LogP contribution in [-0.4, -0.2) is 15.0 Å². The number of aromatic nitrogens is 3. The Bertz CT molecular complexity index is 2640. The van der Waals surface area contributed by atoms with Crippen molar-refractivity contribution in [2.24, 2.45) is 0 Å². The average molecular weight is 690 g/mol. The van der Waals surface area contributed by atoms with Gasteiger partial charge >= 0.3 is 0 Å². The SMILES string of the molecule is c1ccc(-c2ccc(-c3ccc(-c4nc(-c5ccc(-c6ccccc6)cc5)nc(-c5ccc(-c6ccccc6)cc5-c5ccccc5)n4)cc3)cc2)cc1. The summed E-state index contributed by atoms with van der Waals surface area (Å²) in [5, 5.41) is 0. The minimum Gasteiger partial charge on any atom is -0.208 e. The van der Waals surface area contributed by atoms with Gasteiger partial charge in [0.25, 0.3) is 0 Å². The first-order valence-corrected chi connectivity index (χ1v) is 18.2. The molecule has 8 aromatic carbocycles. The predicted molar refractivity (Wildman–Crippen MR) is 223 cm³/mol. The zero-order valence-corrected chi connectivity index (χ0v) is 29.5. The molecule has 0 unspecified atom stereocenters. The maximum atomic E-state index is 5.18. The minimum atomic E-state index is 0.624. The number of nitrogens with zero attached hydrogens (tertiary/aromatic N) is 3. The van der Waals surface area contributed by atoms with Gasteiger partial charge in [-0.3, -0.25) is 0 Å². The van der Waals surface area contributed by atoms with Gasteiger partial charge in [-0.25, -0.2) is 15.0 Å². The van der Waals surface area contributed by atoms with Crippen LogP contribution in [0.25, 0.3) is 89.8 Å². The monoisotopic (exact) mass is 689 g/mol. The molecule has 0 aliphatic heterocycles. The largest absolute Gasteiger partial charge is 0.208 e. The predicted octanol–water partition coefficient (Wildman–Crippen LogP) is 13.2. The van der Waals surface area contributed by atoms with Crippen LogP contribution in [0.4, 0.5) is 0 Å². The fourth-order valence-corrected chi connectivity index (χ4v) is 6.90. The maximum absolute atomic E-state index is 5.18. The van der Waals surface area contributed by atoms with Crippen LogP contribution in [-0.2, 0) is 0 Å². The molecule has 3 heteroatoms. The zero-order chi connectivity index (χ0) is 36.1. The van der Waals surface area contributed by atoms with Gasteiger partial charge in [0.2, 0.25) is 0 Å². The second-order valence-corrected chi connectivity index (χ2v) is 13.3. The molecule has 0 aliphatic rings. The van der Waals surface area contributed by atoms with Gasteiger partial charge in [0.15, 0.2) is 17.5 Å². The summed E-state index contributed by atoms with van der Waals surface area (Å²) in [6.07, 6.45) is 0. The van der Waals surface area contributed by atoms with E-state index in [9.17, 15) is 0 Å². The average Bonchev–Trinajstić information content (AvgIpc) is 3.27. The molecular formula is C51H35N3. The normalized spacial score (nSPS) is 11.0. The van der Waals surface area contributed by atoms with Gasteiger partial charge in [0.05, 0.1) is 0 Å². The van der Waals surface area contributed by atoms with Gasteiger partial charge in [0, 0.05) is 16.7 Å². The quantitative estimate of drug-likeness (QED) is 0.159. The van der Waals surface area contributed by atoms with Crippen molar-refractivity contribution in [1.82, 2.24) is 15.0 Å². The Morgan fingerprint density at radius 2 is 0.463 bits per heavy atom. The number of hydrogen-bond donors (Lipinski definition) is 0. The van der Waals surface area contributed by atoms with E-state index in [0.717, 1.165) is 55.6 Å². The Morgan fingerprint density at radius 1 is 0.185 bits per heavy atom. The van der Waals surface area contributed by atoms with E-state index < -0.39 is 0 Å². The van der Waals surface area contributed by atoms with Crippen LogP contribution >= 0.6 is 0 Å². The van der Waals surface area contributed by atoms with Crippen molar-refractivity contribution in [3.63, 3.8) is 0 Å². The van der Waals surface area contributed by atoms with Gasteiger partial charge in [-0.2, -0.15) is 0 Å². The van der Waals surface area contributed by atoms with E-state index in [1.165, 1.54) is 16.7 Å². The molecule has 0 fully saturated rings. The third-order valence-corrected chi connectivity index (χ3v) is 9.81. The van der Waals surface area contributed by atoms with Crippen LogP contribution in [0.5, 0.6) is 0 Å². The van der Waals surface area contributed by atoms with Crippen molar-refractivity contribution in [2.45, 2.75) is 0 Å². The summed E-state index contributed by atoms with van der Waals surface area (Å²) < 4.78 is 0. The lowest BCUT2D eigenvalue weighted by atomic mass is 9.94. The van der Waals surface area contributed by atoms with Crippen molar-refractivity contribution in [1.29, 1.82) is 0 Å². The molecule has 0 aliphatic carbocycles. The lowest BCUT2D eigenvalue weighted by Crippen LogP contribution is -2.01. The fourth-order valence-electron chi connectivity index (χ4n) is 6.90. The molecule has 0 saturated carbocycles. The van der Waals surface area contributed by atoms with Gasteiger partial charge in [-0.05, 0) is 67.8 Å². The molecule has 3 nitrogen and oxygen atoms in total. The lowest BCUT2D eigenvalue weighted by Gasteiger charge is -2.14. The van der Waals surface area contributed by atoms with Crippen molar-refractivity contribution in [3.8, 4) is 89.8 Å². The van der Waals surface area contributed by atoms with E-state index >= 15 is 0 Å². The molecule has 0 spiro atoms. The topological polar surface area (TPSA) is 38.7 Å². The Kier molecular flexibility index (Phi) is 8.94. The molecule has 0 saturated heterocycles. The van der Waals surface area contributed by atoms with E-state index in [0.29, 0.717) is 17.5 Å². The van der Waals surface area contributed by atoms with Gasteiger partial charge in [-0.1, -0.05) is 200 Å². The molecule has 0 atom stereocenters. The van der Waals surface area contributed by atoms with E-state index in [4.69, 9.17) is 15.0 Å². The molecule has 0 bridgehead atoms. The van der Waals surface area contributed by atoms with Crippen molar-refractivity contribution < 1.29 is 0 Å². The summed E-state index contributed by atoms with van der Waals surface area (Å²) in [5.74, 6) is 1.88. The van der Waals surface area contributed by atoms with E-state index in [-0.39, 0.29) is 0 Å². The molecule has 1 heterocycles. The Hall–Kier alpha value is -7.23. The highest BCUT2D eigenvalue weighted by atomic mass is 15.0. The number of hydrogen-bond acceptors (Lipinski definition) is 3. The van der Waals surface area contributed by atoms with Crippen LogP contribution in [0.15, 0.2) is 212 Å². The number of rotatable bonds is 8. The first-order chi connectivity index (χ1) is 26.7. The summed E-state index contributed by atoms with van der Waals surface area (Å²) in [4.78, 5) is 15.4. The van der Waals surface area contributed by atoms with Crippen LogP contribution in [0, 0.1) is 0 Å². The maximum Gasteiger partial charge on any atom is 0.164 e. The smallest absolute Gasteiger partial charge is 0.164 e. The Morgan fingerprint density at radius 3 is 0.852 bits per heavy atom. The van der Waals surface area contributed by atoms with Crippen LogP contribution in [0.3, 0.4) is 0 Å². The third-order valence-electron chi connectivity index (χ3n) is 9.81. The summed E-state index contributed by atoms with van der Waals surface area (Å²) in [5.41, 5.74) is 14.3. The lowest BCUT2D eigenvalue weighted by molar-refractivity contribution is 1.07. The molecule has 0 amide bonds. The van der Waals surface area contributed by atoms with E-state index in [2.05, 4.69) is 188 Å². The van der Waals surface area contributed by atoms with Crippen LogP contribution in [0.2, 0.25) is 0 Å². The van der Waals surface area contributed by atoms with Crippen LogP contribution < -0.4 is 0 Å². The summed E-state index contributed by atoms with van der Waals surface area (Å²) >= 11 is 0. The van der Waals surface area contributed by atoms with Crippen molar-refractivity contribution in [2.75, 3.05) is 0 Å². The standard InChI is InChI=1S/C51H35N3/c1-5-13-36(14-6-1)39-21-23-41(24-22-39)42-27-31-45(32-28-42)50-52-49(44-29-25-40(26-30-44)37-15-7-2-8-16-37)53-51(54-50)47-34-33-46(38-17-9-3-10-18-38)35-48(47)43-19-11-4-12-20-43/h1-35H. The summed E-state index contributed by atoms with van der Waals surface area (Å²) in [6.45, 7) is 0. The molecule has 254 valence electrons. The van der Waals surface area contributed by atoms with Gasteiger partial charge in [-0.15, -0.1) is 0 Å². The van der Waals surface area contributed by atoms with Crippen molar-refractivity contribution >= 4 is 0 Å². The Balaban J connectivity index is 1.14. The fraction of sp³-hybridized carbons (Fsp3) is 0. The molecule has 0 radical (unpaired) electrons. The minimum absolute atomic E-state index is 0.624. The molecule has 9 rings (SSSR count). The third kappa shape index (κ3) is 6.87. The number of benzene rings is 8. The van der Waals surface area contributed by atoms with Crippen molar-refractivity contribution in [3.05, 3.63) is 212 Å². The van der Waals surface area contributed by atoms with Gasteiger partial charge < -0.3 is 0 Å². The van der Waals surface area contributed by atoms with E-state index in [1.807, 2.05) is 24.3 Å². The second kappa shape index (κ2) is 14.8. The summed E-state index contributed by atoms with van der Waals surface area (Å²) in [7, 11) is 0. The highest BCUT2D eigenvalue weighted by Crippen LogP contribution is 2.36. The van der Waals surface area contributed by atoms with E-state index in [1.54, 1.807) is 0 Å². The van der Waals surface area contributed by atoms with Crippen LogP contribution in [0.1, 0.15) is 0 Å². The highest BCUT2D eigenvalue weighted by molar-refractivity contribution is 5.86. The first-order valence-electron chi connectivity index (χ1n) is 18.2. The molecule has 0 N–H and O–H groups in total. The molecule has 1 aromatic heterocycles. The molecule has 54 heavy (non-hydrogen) atoms.